The van der Waals surface area contributed by atoms with E-state index in [1.165, 1.54) is 4.90 Å². The molecule has 0 bridgehead atoms. The Labute approximate surface area is 165 Å². The van der Waals surface area contributed by atoms with Gasteiger partial charge in [-0.2, -0.15) is 0 Å². The number of amides is 2. The number of imide groups is 1. The molecule has 0 fully saturated rings. The van der Waals surface area contributed by atoms with Gasteiger partial charge >= 0.3 is 0 Å². The van der Waals surface area contributed by atoms with Crippen LogP contribution in [0, 0.1) is 0 Å². The van der Waals surface area contributed by atoms with Crippen molar-refractivity contribution in [1.82, 2.24) is 4.90 Å². The molecule has 0 radical (unpaired) electrons. The average molecular weight is 380 g/mol. The molecule has 1 heterocycles. The summed E-state index contributed by atoms with van der Waals surface area (Å²) >= 11 is 0. The van der Waals surface area contributed by atoms with Gasteiger partial charge in [0.1, 0.15) is 5.70 Å². The Bertz CT molecular complexity index is 841. The molecule has 0 saturated carbocycles. The van der Waals surface area contributed by atoms with E-state index in [4.69, 9.17) is 9.47 Å². The molecule has 28 heavy (non-hydrogen) atoms. The van der Waals surface area contributed by atoms with Crippen LogP contribution in [-0.4, -0.2) is 57.2 Å². The molecule has 0 aromatic heterocycles. The Balaban J connectivity index is 2.09. The van der Waals surface area contributed by atoms with Crippen molar-refractivity contribution in [3.05, 3.63) is 71.9 Å². The molecule has 2 amide bonds. The first-order valence-corrected chi connectivity index (χ1v) is 9.15. The van der Waals surface area contributed by atoms with Crippen LogP contribution in [0.15, 0.2) is 66.4 Å². The van der Waals surface area contributed by atoms with Crippen LogP contribution < -0.4 is 4.90 Å². The Hall–Kier alpha value is -2.96. The fourth-order valence-corrected chi connectivity index (χ4v) is 3.23. The van der Waals surface area contributed by atoms with Gasteiger partial charge in [-0.3, -0.25) is 9.59 Å². The second-order valence-electron chi connectivity index (χ2n) is 6.34. The Morgan fingerprint density at radius 1 is 0.786 bits per heavy atom. The lowest BCUT2D eigenvalue weighted by atomic mass is 10.0. The maximum atomic E-state index is 13.4. The SMILES string of the molecule is COCCN(CCOC)C1=C(c2ccccc2)C(=O)N(c2ccccc2)C1=O. The fraction of sp³-hybridized carbons (Fsp3) is 0.273. The van der Waals surface area contributed by atoms with Gasteiger partial charge < -0.3 is 14.4 Å². The predicted octanol–water partition coefficient (Wildman–Crippen LogP) is 2.57. The minimum atomic E-state index is -0.331. The molecule has 1 aliphatic heterocycles. The van der Waals surface area contributed by atoms with Crippen LogP contribution in [0.4, 0.5) is 5.69 Å². The first kappa shape index (κ1) is 19.8. The third-order valence-electron chi connectivity index (χ3n) is 4.58. The molecule has 0 atom stereocenters. The number of methoxy groups -OCH3 is 2. The predicted molar refractivity (Wildman–Crippen MR) is 108 cm³/mol. The Morgan fingerprint density at radius 2 is 1.32 bits per heavy atom. The first-order chi connectivity index (χ1) is 13.7. The van der Waals surface area contributed by atoms with Crippen LogP contribution in [0.1, 0.15) is 5.56 Å². The van der Waals surface area contributed by atoms with Crippen LogP contribution in [0.5, 0.6) is 0 Å². The molecule has 0 spiro atoms. The van der Waals surface area contributed by atoms with Crippen LogP contribution >= 0.6 is 0 Å². The van der Waals surface area contributed by atoms with Gasteiger partial charge in [-0.15, -0.1) is 0 Å². The normalized spacial score (nSPS) is 14.1. The van der Waals surface area contributed by atoms with E-state index < -0.39 is 0 Å². The summed E-state index contributed by atoms with van der Waals surface area (Å²) in [6, 6.07) is 18.3. The molecular formula is C22H24N2O4. The Morgan fingerprint density at radius 3 is 1.86 bits per heavy atom. The third kappa shape index (κ3) is 3.98. The number of carbonyl (C=O) groups is 2. The zero-order valence-corrected chi connectivity index (χ0v) is 16.1. The van der Waals surface area contributed by atoms with Gasteiger partial charge in [0.15, 0.2) is 0 Å². The van der Waals surface area contributed by atoms with Crippen LogP contribution in [0.3, 0.4) is 0 Å². The second kappa shape index (κ2) is 9.30. The molecule has 0 N–H and O–H groups in total. The summed E-state index contributed by atoms with van der Waals surface area (Å²) in [4.78, 5) is 29.8. The van der Waals surface area contributed by atoms with Crippen molar-refractivity contribution in [1.29, 1.82) is 0 Å². The summed E-state index contributed by atoms with van der Waals surface area (Å²) in [6.07, 6.45) is 0. The monoisotopic (exact) mass is 380 g/mol. The number of para-hydroxylation sites is 1. The minimum absolute atomic E-state index is 0.322. The van der Waals surface area contributed by atoms with E-state index in [1.54, 1.807) is 26.4 Å². The topological polar surface area (TPSA) is 59.1 Å². The molecule has 1 aliphatic rings. The lowest BCUT2D eigenvalue weighted by Crippen LogP contribution is -2.37. The van der Waals surface area contributed by atoms with Gasteiger partial charge in [-0.1, -0.05) is 48.5 Å². The summed E-state index contributed by atoms with van der Waals surface area (Å²) in [5, 5.41) is 0. The zero-order chi connectivity index (χ0) is 19.9. The van der Waals surface area contributed by atoms with Crippen molar-refractivity contribution in [2.75, 3.05) is 45.4 Å². The van der Waals surface area contributed by atoms with E-state index in [9.17, 15) is 9.59 Å². The van der Waals surface area contributed by atoms with Crippen molar-refractivity contribution >= 4 is 23.1 Å². The number of hydrogen-bond donors (Lipinski definition) is 0. The highest BCUT2D eigenvalue weighted by molar-refractivity contribution is 6.45. The van der Waals surface area contributed by atoms with Gasteiger partial charge in [0.25, 0.3) is 11.8 Å². The van der Waals surface area contributed by atoms with E-state index in [0.29, 0.717) is 48.8 Å². The van der Waals surface area contributed by atoms with Gasteiger partial charge in [-0.25, -0.2) is 4.90 Å². The van der Waals surface area contributed by atoms with Gasteiger partial charge in [-0.05, 0) is 17.7 Å². The number of anilines is 1. The number of benzene rings is 2. The number of hydrogen-bond acceptors (Lipinski definition) is 5. The Kier molecular flexibility index (Phi) is 6.57. The van der Waals surface area contributed by atoms with E-state index in [2.05, 4.69) is 0 Å². The van der Waals surface area contributed by atoms with Crippen LogP contribution in [0.2, 0.25) is 0 Å². The second-order valence-corrected chi connectivity index (χ2v) is 6.34. The molecule has 0 unspecified atom stereocenters. The summed E-state index contributed by atoms with van der Waals surface area (Å²) in [7, 11) is 3.22. The van der Waals surface area contributed by atoms with Crippen molar-refractivity contribution in [2.45, 2.75) is 0 Å². The van der Waals surface area contributed by atoms with Gasteiger partial charge in [0.05, 0.1) is 24.5 Å². The van der Waals surface area contributed by atoms with E-state index >= 15 is 0 Å². The van der Waals surface area contributed by atoms with E-state index in [1.807, 2.05) is 53.4 Å². The van der Waals surface area contributed by atoms with Crippen LogP contribution in [0.25, 0.3) is 5.57 Å². The molecule has 0 saturated heterocycles. The molecule has 6 heteroatoms. The zero-order valence-electron chi connectivity index (χ0n) is 16.1. The van der Waals surface area contributed by atoms with Gasteiger partial charge in [0.2, 0.25) is 0 Å². The third-order valence-corrected chi connectivity index (χ3v) is 4.58. The van der Waals surface area contributed by atoms with E-state index in [0.717, 1.165) is 0 Å². The van der Waals surface area contributed by atoms with Gasteiger partial charge in [0, 0.05) is 27.3 Å². The highest BCUT2D eigenvalue weighted by Crippen LogP contribution is 2.34. The maximum Gasteiger partial charge on any atom is 0.282 e. The lowest BCUT2D eigenvalue weighted by molar-refractivity contribution is -0.120. The number of nitrogens with zero attached hydrogens (tertiary/aromatic N) is 2. The number of carbonyl (C=O) groups excluding carboxylic acids is 2. The summed E-state index contributed by atoms with van der Waals surface area (Å²) in [6.45, 7) is 1.82. The molecule has 0 aliphatic carbocycles. The number of ether oxygens (including phenoxy) is 2. The van der Waals surface area contributed by atoms with E-state index in [-0.39, 0.29) is 11.8 Å². The van der Waals surface area contributed by atoms with Crippen molar-refractivity contribution in [3.63, 3.8) is 0 Å². The molecule has 6 nitrogen and oxygen atoms in total. The summed E-state index contributed by atoms with van der Waals surface area (Å²) in [5.74, 6) is -0.653. The summed E-state index contributed by atoms with van der Waals surface area (Å²) in [5.41, 5.74) is 2.06. The maximum absolute atomic E-state index is 13.4. The largest absolute Gasteiger partial charge is 0.383 e. The number of rotatable bonds is 9. The molecule has 2 aromatic carbocycles. The average Bonchev–Trinajstić information content (AvgIpc) is 2.99. The highest BCUT2D eigenvalue weighted by Gasteiger charge is 2.42. The molecule has 2 aromatic rings. The molecule has 146 valence electrons. The minimum Gasteiger partial charge on any atom is -0.383 e. The molecule has 3 rings (SSSR count). The highest BCUT2D eigenvalue weighted by atomic mass is 16.5. The van der Waals surface area contributed by atoms with Crippen molar-refractivity contribution < 1.29 is 19.1 Å². The quantitative estimate of drug-likeness (QED) is 0.626. The first-order valence-electron chi connectivity index (χ1n) is 9.15. The summed E-state index contributed by atoms with van der Waals surface area (Å²) < 4.78 is 10.4. The standard InChI is InChI=1S/C22H24N2O4/c1-27-15-13-23(14-16-28-2)20-19(17-9-5-3-6-10-17)21(25)24(22(20)26)18-11-7-4-8-12-18/h3-12H,13-16H2,1-2H3. The lowest BCUT2D eigenvalue weighted by Gasteiger charge is -2.25. The van der Waals surface area contributed by atoms with Crippen molar-refractivity contribution in [2.24, 2.45) is 0 Å². The van der Waals surface area contributed by atoms with Crippen molar-refractivity contribution in [3.8, 4) is 0 Å². The molecular weight excluding hydrogens is 356 g/mol. The van der Waals surface area contributed by atoms with Crippen LogP contribution in [-0.2, 0) is 19.1 Å². The smallest absolute Gasteiger partial charge is 0.282 e. The fourth-order valence-electron chi connectivity index (χ4n) is 3.23.